The Morgan fingerprint density at radius 3 is 2.00 bits per heavy atom. The summed E-state index contributed by atoms with van der Waals surface area (Å²) in [6, 6.07) is 28.8. The number of esters is 2. The van der Waals surface area contributed by atoms with Gasteiger partial charge in [-0.2, -0.15) is 8.42 Å². The van der Waals surface area contributed by atoms with Crippen molar-refractivity contribution in [1.29, 1.82) is 0 Å². The second kappa shape index (κ2) is 16.5. The van der Waals surface area contributed by atoms with Crippen LogP contribution in [0, 0.1) is 20.2 Å². The van der Waals surface area contributed by atoms with Crippen LogP contribution in [0.4, 0.5) is 17.1 Å². The first-order valence-corrected chi connectivity index (χ1v) is 21.4. The Bertz CT molecular complexity index is 3520. The highest BCUT2D eigenvalue weighted by molar-refractivity contribution is 7.94. The zero-order valence-electron chi connectivity index (χ0n) is 33.8. The smallest absolute Gasteiger partial charge is 0.343 e. The zero-order valence-corrected chi connectivity index (χ0v) is 35.5. The molecule has 9 rings (SSSR count). The highest BCUT2D eigenvalue weighted by atomic mass is 32.2. The highest BCUT2D eigenvalue weighted by Crippen LogP contribution is 2.48. The summed E-state index contributed by atoms with van der Waals surface area (Å²) in [5, 5.41) is 46.8. The summed E-state index contributed by atoms with van der Waals surface area (Å²) in [6.07, 6.45) is 0. The Kier molecular flexibility index (Phi) is 10.8. The maximum absolute atomic E-state index is 14.0. The second-order valence-corrected chi connectivity index (χ2v) is 17.3. The van der Waals surface area contributed by atoms with E-state index in [0.717, 1.165) is 57.5 Å². The first-order chi connectivity index (χ1) is 31.5. The van der Waals surface area contributed by atoms with E-state index in [4.69, 9.17) is 19.7 Å². The van der Waals surface area contributed by atoms with Crippen molar-refractivity contribution >= 4 is 89.5 Å². The summed E-state index contributed by atoms with van der Waals surface area (Å²) in [5.74, 6) is -2.28. The molecule has 1 aliphatic heterocycles. The van der Waals surface area contributed by atoms with Gasteiger partial charge in [0.1, 0.15) is 22.5 Å². The van der Waals surface area contributed by atoms with Crippen molar-refractivity contribution in [3.63, 3.8) is 0 Å². The number of hydrogen-bond donors (Lipinski definition) is 2. The Morgan fingerprint density at radius 1 is 0.742 bits per heavy atom. The number of nitro groups is 2. The molecule has 330 valence electrons. The minimum atomic E-state index is -4.83. The molecule has 0 radical (unpaired) electrons. The van der Waals surface area contributed by atoms with E-state index in [9.17, 15) is 42.8 Å². The van der Waals surface area contributed by atoms with Crippen LogP contribution in [0.5, 0.6) is 11.5 Å². The van der Waals surface area contributed by atoms with Crippen molar-refractivity contribution in [3.05, 3.63) is 164 Å². The normalized spacial score (nSPS) is 13.1. The predicted molar refractivity (Wildman–Crippen MR) is 236 cm³/mol. The van der Waals surface area contributed by atoms with Crippen LogP contribution in [-0.4, -0.2) is 60.7 Å². The van der Waals surface area contributed by atoms with Gasteiger partial charge in [-0.15, -0.1) is 19.3 Å². The Labute approximate surface area is 374 Å². The monoisotopic (exact) mass is 928 g/mol. The fourth-order valence-electron chi connectivity index (χ4n) is 7.60. The molecule has 2 N–H and O–H groups in total. The Morgan fingerprint density at radius 2 is 1.38 bits per heavy atom. The average molecular weight is 929 g/mol. The third kappa shape index (κ3) is 7.84. The topological polar surface area (TPSA) is 275 Å². The summed E-state index contributed by atoms with van der Waals surface area (Å²) < 4.78 is 51.6. The molecule has 1 aromatic heterocycles. The van der Waals surface area contributed by atoms with Crippen molar-refractivity contribution in [1.82, 2.24) is 15.0 Å². The molecular weight excluding hydrogens is 901 g/mol. The maximum Gasteiger partial charge on any atom is 0.343 e. The molecule has 0 amide bonds. The van der Waals surface area contributed by atoms with Gasteiger partial charge in [0, 0.05) is 62.4 Å². The van der Waals surface area contributed by atoms with Crippen molar-refractivity contribution in [2.75, 3.05) is 0 Å². The number of hydrogen-bond acceptors (Lipinski definition) is 17. The molecular formula is C44H28N6O14S2. The molecule has 2 heterocycles. The third-order valence-corrected chi connectivity index (χ3v) is 12.3. The quantitative estimate of drug-likeness (QED) is 0.0220. The van der Waals surface area contributed by atoms with E-state index < -0.39 is 42.2 Å². The first-order valence-electron chi connectivity index (χ1n) is 19.2. The number of benzene rings is 7. The number of nitro benzene ring substituents is 2. The van der Waals surface area contributed by atoms with E-state index in [1.54, 1.807) is 0 Å². The van der Waals surface area contributed by atoms with Crippen LogP contribution in [0.2, 0.25) is 0 Å². The largest absolute Gasteiger partial charge is 0.422 e. The van der Waals surface area contributed by atoms with Crippen LogP contribution >= 0.6 is 12.0 Å². The van der Waals surface area contributed by atoms with Crippen molar-refractivity contribution in [3.8, 4) is 17.2 Å². The van der Waals surface area contributed by atoms with E-state index in [-0.39, 0.29) is 66.6 Å². The molecule has 22 heteroatoms. The molecule has 1 aliphatic rings. The zero-order chi connectivity index (χ0) is 46.7. The van der Waals surface area contributed by atoms with E-state index >= 15 is 0 Å². The molecule has 66 heavy (non-hydrogen) atoms. The Hall–Kier alpha value is -7.99. The van der Waals surface area contributed by atoms with Gasteiger partial charge >= 0.3 is 11.9 Å². The van der Waals surface area contributed by atoms with E-state index in [0.29, 0.717) is 28.8 Å². The summed E-state index contributed by atoms with van der Waals surface area (Å²) in [7, 11) is -4.83. The predicted octanol–water partition coefficient (Wildman–Crippen LogP) is 9.07. The number of non-ortho nitro benzene ring substituents is 2. The lowest BCUT2D eigenvalue weighted by atomic mass is 9.78. The molecule has 0 bridgehead atoms. The van der Waals surface area contributed by atoms with Crippen LogP contribution in [0.15, 0.2) is 136 Å². The molecule has 8 aromatic rings. The average Bonchev–Trinajstić information content (AvgIpc) is 3.86. The molecule has 0 unspecified atom stereocenters. The number of fused-ring (bicyclic) bond motifs is 6. The molecule has 20 nitrogen and oxygen atoms in total. The van der Waals surface area contributed by atoms with Gasteiger partial charge in [0.2, 0.25) is 0 Å². The van der Waals surface area contributed by atoms with Crippen LogP contribution in [0.1, 0.15) is 45.7 Å². The van der Waals surface area contributed by atoms with Gasteiger partial charge in [0.05, 0.1) is 49.3 Å². The molecule has 0 spiro atoms. The van der Waals surface area contributed by atoms with Gasteiger partial charge in [-0.05, 0) is 59.5 Å². The van der Waals surface area contributed by atoms with Crippen molar-refractivity contribution in [2.24, 2.45) is 4.99 Å². The minimum absolute atomic E-state index is 0.0505. The molecule has 0 atom stereocenters. The van der Waals surface area contributed by atoms with Gasteiger partial charge < -0.3 is 9.47 Å². The summed E-state index contributed by atoms with van der Waals surface area (Å²) in [4.78, 5) is 55.1. The van der Waals surface area contributed by atoms with Crippen LogP contribution in [-0.2, 0) is 24.9 Å². The number of ether oxygens (including phenoxy) is 2. The molecule has 0 fully saturated rings. The van der Waals surface area contributed by atoms with Crippen LogP contribution in [0.3, 0.4) is 0 Å². The lowest BCUT2D eigenvalue weighted by molar-refractivity contribution is -0.432. The van der Waals surface area contributed by atoms with E-state index in [1.807, 2.05) is 50.2 Å². The maximum atomic E-state index is 14.0. The van der Waals surface area contributed by atoms with Gasteiger partial charge in [-0.1, -0.05) is 61.4 Å². The van der Waals surface area contributed by atoms with E-state index in [2.05, 4.69) is 19.6 Å². The van der Waals surface area contributed by atoms with Gasteiger partial charge in [-0.25, -0.2) is 14.8 Å². The molecule has 0 saturated carbocycles. The fourth-order valence-corrected chi connectivity index (χ4v) is 8.75. The number of nitrogens with zero attached hydrogens (tertiary/aromatic N) is 6. The molecule has 7 aromatic carbocycles. The SMILES string of the molecule is CC1(C)C(c2cc(OC(=O)c3ccc([N+](=O)[O-])cc3)c(-n3nc4ccc5c(SOOO)cc(S(=O)(=O)O)cc5c4n3)cc2OC(=O)c2ccc([N+](=O)[O-])cc2)=Nc2c1ccc1ccccc21. The summed E-state index contributed by atoms with van der Waals surface area (Å²) >= 11 is 0.428. The van der Waals surface area contributed by atoms with Crippen LogP contribution < -0.4 is 9.47 Å². The third-order valence-electron chi connectivity index (χ3n) is 10.8. The number of rotatable bonds is 12. The Balaban J connectivity index is 1.28. The summed E-state index contributed by atoms with van der Waals surface area (Å²) in [5.41, 5.74) is 0.492. The van der Waals surface area contributed by atoms with Gasteiger partial charge in [0.15, 0.2) is 5.75 Å². The minimum Gasteiger partial charge on any atom is -0.422 e. The number of carbonyl (C=O) groups excluding carboxylic acids is 2. The van der Waals surface area contributed by atoms with Crippen LogP contribution in [0.25, 0.3) is 38.3 Å². The van der Waals surface area contributed by atoms with Crippen molar-refractivity contribution < 1.29 is 56.5 Å². The first kappa shape index (κ1) is 43.3. The van der Waals surface area contributed by atoms with Gasteiger partial charge in [-0.3, -0.25) is 29.8 Å². The van der Waals surface area contributed by atoms with E-state index in [1.165, 1.54) is 48.5 Å². The molecule has 0 saturated heterocycles. The van der Waals surface area contributed by atoms with Gasteiger partial charge in [0.25, 0.3) is 21.5 Å². The summed E-state index contributed by atoms with van der Waals surface area (Å²) in [6.45, 7) is 3.81. The second-order valence-electron chi connectivity index (χ2n) is 15.1. The fraction of sp³-hybridized carbons (Fsp3) is 0.0682. The number of aliphatic imine (C=N–C) groups is 1. The highest BCUT2D eigenvalue weighted by Gasteiger charge is 2.39. The lowest BCUT2D eigenvalue weighted by Gasteiger charge is -2.25. The number of aromatic nitrogens is 3. The lowest BCUT2D eigenvalue weighted by Crippen LogP contribution is -2.27. The van der Waals surface area contributed by atoms with Crippen molar-refractivity contribution in [2.45, 2.75) is 29.1 Å². The molecule has 0 aliphatic carbocycles. The number of carbonyl (C=O) groups is 2. The standard InChI is InChI=1S/C44H28N6O14S2/c1-44(2)33-17-11-23-5-3-4-6-29(23)39(33)45-41(44)32-21-37(62-43(52)25-9-14-27(15-10-25)50(55)56)35(22-36(32)61-42(51)24-7-12-26(13-8-24)49(53)54)48-46-34-18-16-30-31(40(34)47-48)19-28(66(58,59)60)20-38(30)65-64-63-57/h3-22,57H,1-2H3,(H,58,59,60).